The summed E-state index contributed by atoms with van der Waals surface area (Å²) in [5, 5.41) is 8.18. The molecule has 0 radical (unpaired) electrons. The molecule has 0 unspecified atom stereocenters. The molecule has 4 aromatic rings. The fourth-order valence-electron chi connectivity index (χ4n) is 3.21. The van der Waals surface area contributed by atoms with E-state index < -0.39 is 0 Å². The van der Waals surface area contributed by atoms with Crippen molar-refractivity contribution < 1.29 is 4.79 Å². The van der Waals surface area contributed by atoms with Crippen LogP contribution in [-0.2, 0) is 13.1 Å². The molecule has 2 N–H and O–H groups in total. The van der Waals surface area contributed by atoms with Crippen molar-refractivity contribution in [1.29, 1.82) is 0 Å². The lowest BCUT2D eigenvalue weighted by molar-refractivity contribution is 0.240. The first-order valence-electron chi connectivity index (χ1n) is 9.14. The quantitative estimate of drug-likeness (QED) is 0.552. The Morgan fingerprint density at radius 3 is 2.32 bits per heavy atom. The van der Waals surface area contributed by atoms with Crippen LogP contribution in [0.3, 0.4) is 0 Å². The predicted molar refractivity (Wildman–Crippen MR) is 110 cm³/mol. The Morgan fingerprint density at radius 1 is 0.750 bits per heavy atom. The second-order valence-corrected chi connectivity index (χ2v) is 6.42. The van der Waals surface area contributed by atoms with E-state index in [1.165, 1.54) is 5.39 Å². The van der Waals surface area contributed by atoms with E-state index in [4.69, 9.17) is 0 Å². The van der Waals surface area contributed by atoms with Crippen molar-refractivity contribution in [3.8, 4) is 11.3 Å². The molecule has 2 amide bonds. The normalized spacial score (nSPS) is 10.6. The number of aromatic nitrogens is 2. The molecule has 0 spiro atoms. The summed E-state index contributed by atoms with van der Waals surface area (Å²) in [6.45, 7) is 0.865. The summed E-state index contributed by atoms with van der Waals surface area (Å²) in [5.41, 5.74) is 3.86. The van der Waals surface area contributed by atoms with Gasteiger partial charge in [0.25, 0.3) is 0 Å². The highest BCUT2D eigenvalue weighted by Crippen LogP contribution is 2.20. The van der Waals surface area contributed by atoms with Crippen LogP contribution < -0.4 is 10.6 Å². The van der Waals surface area contributed by atoms with E-state index in [-0.39, 0.29) is 6.03 Å². The maximum absolute atomic E-state index is 12.3. The van der Waals surface area contributed by atoms with Gasteiger partial charge in [0, 0.05) is 37.2 Å². The summed E-state index contributed by atoms with van der Waals surface area (Å²) in [4.78, 5) is 20.8. The van der Waals surface area contributed by atoms with E-state index in [0.717, 1.165) is 27.8 Å². The van der Waals surface area contributed by atoms with Crippen LogP contribution in [0.2, 0.25) is 0 Å². The van der Waals surface area contributed by atoms with Crippen LogP contribution in [0.4, 0.5) is 4.79 Å². The summed E-state index contributed by atoms with van der Waals surface area (Å²) >= 11 is 0. The number of nitrogens with one attached hydrogen (secondary N) is 2. The van der Waals surface area contributed by atoms with Gasteiger partial charge < -0.3 is 10.6 Å². The molecule has 0 aliphatic carbocycles. The van der Waals surface area contributed by atoms with Crippen LogP contribution >= 0.6 is 0 Å². The first kappa shape index (κ1) is 17.7. The Bertz CT molecular complexity index is 1090. The van der Waals surface area contributed by atoms with E-state index >= 15 is 0 Å². The Hall–Kier alpha value is -3.73. The number of carbonyl (C=O) groups is 1. The molecule has 0 atom stereocenters. The smallest absolute Gasteiger partial charge is 0.315 e. The van der Waals surface area contributed by atoms with Crippen LogP contribution in [0.1, 0.15) is 11.1 Å². The lowest BCUT2D eigenvalue weighted by Crippen LogP contribution is -2.34. The van der Waals surface area contributed by atoms with Gasteiger partial charge in [0.2, 0.25) is 0 Å². The maximum Gasteiger partial charge on any atom is 0.315 e. The molecule has 0 saturated heterocycles. The SMILES string of the molecule is O=C(NCc1cccnc1-c1ccncc1)NCc1cccc2ccccc12. The topological polar surface area (TPSA) is 66.9 Å². The second kappa shape index (κ2) is 8.31. The van der Waals surface area contributed by atoms with Gasteiger partial charge in [-0.25, -0.2) is 4.79 Å². The zero-order valence-corrected chi connectivity index (χ0v) is 15.3. The lowest BCUT2D eigenvalue weighted by atomic mass is 10.0. The number of nitrogens with zero attached hydrogens (tertiary/aromatic N) is 2. The largest absolute Gasteiger partial charge is 0.334 e. The minimum absolute atomic E-state index is 0.211. The molecule has 0 aliphatic heterocycles. The van der Waals surface area contributed by atoms with E-state index in [1.54, 1.807) is 18.6 Å². The maximum atomic E-state index is 12.3. The van der Waals surface area contributed by atoms with Crippen molar-refractivity contribution in [2.24, 2.45) is 0 Å². The van der Waals surface area contributed by atoms with E-state index in [2.05, 4.69) is 38.8 Å². The van der Waals surface area contributed by atoms with Crippen LogP contribution in [0.15, 0.2) is 85.3 Å². The first-order chi connectivity index (χ1) is 13.8. The number of amides is 2. The molecule has 5 heteroatoms. The van der Waals surface area contributed by atoms with Crippen molar-refractivity contribution in [3.63, 3.8) is 0 Å². The van der Waals surface area contributed by atoms with Gasteiger partial charge in [0.1, 0.15) is 0 Å². The zero-order valence-electron chi connectivity index (χ0n) is 15.3. The second-order valence-electron chi connectivity index (χ2n) is 6.42. The number of urea groups is 1. The average Bonchev–Trinajstić information content (AvgIpc) is 2.77. The van der Waals surface area contributed by atoms with Crippen LogP contribution in [0.25, 0.3) is 22.0 Å². The van der Waals surface area contributed by atoms with Gasteiger partial charge in [-0.1, -0.05) is 48.5 Å². The van der Waals surface area contributed by atoms with Crippen molar-refractivity contribution in [2.45, 2.75) is 13.1 Å². The van der Waals surface area contributed by atoms with Gasteiger partial charge in [0.05, 0.1) is 5.69 Å². The fraction of sp³-hybridized carbons (Fsp3) is 0.0870. The van der Waals surface area contributed by atoms with Gasteiger partial charge in [-0.3, -0.25) is 9.97 Å². The number of rotatable bonds is 5. The number of hydrogen-bond donors (Lipinski definition) is 2. The van der Waals surface area contributed by atoms with Crippen molar-refractivity contribution in [2.75, 3.05) is 0 Å². The van der Waals surface area contributed by atoms with Gasteiger partial charge in [-0.2, -0.15) is 0 Å². The molecule has 0 aliphatic rings. The third-order valence-electron chi connectivity index (χ3n) is 4.60. The standard InChI is InChI=1S/C23H20N4O/c28-23(26-15-19-7-3-6-17-5-1-2-9-21(17)19)27-16-20-8-4-12-25-22(20)18-10-13-24-14-11-18/h1-14H,15-16H2,(H2,26,27,28). The summed E-state index contributed by atoms with van der Waals surface area (Å²) in [7, 11) is 0. The molecular weight excluding hydrogens is 348 g/mol. The van der Waals surface area contributed by atoms with Crippen molar-refractivity contribution >= 4 is 16.8 Å². The van der Waals surface area contributed by atoms with E-state index in [1.807, 2.05) is 48.5 Å². The Kier molecular flexibility index (Phi) is 5.24. The van der Waals surface area contributed by atoms with Gasteiger partial charge in [-0.05, 0) is 40.1 Å². The monoisotopic (exact) mass is 368 g/mol. The third-order valence-corrected chi connectivity index (χ3v) is 4.60. The molecule has 138 valence electrons. The number of fused-ring (bicyclic) bond motifs is 1. The highest BCUT2D eigenvalue weighted by molar-refractivity contribution is 5.86. The highest BCUT2D eigenvalue weighted by Gasteiger charge is 2.08. The number of pyridine rings is 2. The average molecular weight is 368 g/mol. The Labute approximate surface area is 163 Å². The van der Waals surface area contributed by atoms with Gasteiger partial charge in [0.15, 0.2) is 0 Å². The Morgan fingerprint density at radius 2 is 1.46 bits per heavy atom. The summed E-state index contributed by atoms with van der Waals surface area (Å²) in [6, 6.07) is 21.7. The summed E-state index contributed by atoms with van der Waals surface area (Å²) in [5.74, 6) is 0. The summed E-state index contributed by atoms with van der Waals surface area (Å²) in [6.07, 6.45) is 5.22. The molecule has 5 nitrogen and oxygen atoms in total. The van der Waals surface area contributed by atoms with Crippen LogP contribution in [-0.4, -0.2) is 16.0 Å². The zero-order chi connectivity index (χ0) is 19.2. The fourth-order valence-corrected chi connectivity index (χ4v) is 3.21. The lowest BCUT2D eigenvalue weighted by Gasteiger charge is -2.12. The minimum atomic E-state index is -0.211. The minimum Gasteiger partial charge on any atom is -0.334 e. The van der Waals surface area contributed by atoms with E-state index in [0.29, 0.717) is 13.1 Å². The van der Waals surface area contributed by atoms with Gasteiger partial charge in [-0.15, -0.1) is 0 Å². The van der Waals surface area contributed by atoms with Crippen LogP contribution in [0, 0.1) is 0 Å². The molecule has 28 heavy (non-hydrogen) atoms. The molecule has 2 heterocycles. The predicted octanol–water partition coefficient (Wildman–Crippen LogP) is 4.30. The first-order valence-corrected chi connectivity index (χ1v) is 9.14. The van der Waals surface area contributed by atoms with Crippen molar-refractivity contribution in [3.05, 3.63) is 96.4 Å². The third kappa shape index (κ3) is 3.99. The molecule has 0 fully saturated rings. The van der Waals surface area contributed by atoms with Gasteiger partial charge >= 0.3 is 6.03 Å². The number of carbonyl (C=O) groups excluding carboxylic acids is 1. The molecule has 2 aromatic heterocycles. The Balaban J connectivity index is 1.40. The number of hydrogen-bond acceptors (Lipinski definition) is 3. The molecular formula is C23H20N4O. The van der Waals surface area contributed by atoms with Crippen molar-refractivity contribution in [1.82, 2.24) is 20.6 Å². The molecule has 2 aromatic carbocycles. The molecule has 0 saturated carbocycles. The van der Waals surface area contributed by atoms with Crippen LogP contribution in [0.5, 0.6) is 0 Å². The number of benzene rings is 2. The molecule has 0 bridgehead atoms. The highest BCUT2D eigenvalue weighted by atomic mass is 16.2. The van der Waals surface area contributed by atoms with E-state index in [9.17, 15) is 4.79 Å². The summed E-state index contributed by atoms with van der Waals surface area (Å²) < 4.78 is 0. The molecule has 4 rings (SSSR count).